The Morgan fingerprint density at radius 3 is 2.70 bits per heavy atom. The van der Waals surface area contributed by atoms with Gasteiger partial charge in [-0.1, -0.05) is 29.8 Å². The van der Waals surface area contributed by atoms with Crippen molar-refractivity contribution in [3.05, 3.63) is 51.5 Å². The van der Waals surface area contributed by atoms with Gasteiger partial charge >= 0.3 is 0 Å². The third-order valence-corrected chi connectivity index (χ3v) is 7.46. The molecule has 1 amide bonds. The molecule has 0 spiro atoms. The first-order valence-corrected chi connectivity index (χ1v) is 11.5. The first-order chi connectivity index (χ1) is 14.6. The topological polar surface area (TPSA) is 56.6 Å². The molecule has 0 saturated carbocycles. The number of amides is 1. The Balaban J connectivity index is 1.33. The molecule has 0 N–H and O–H groups in total. The quantitative estimate of drug-likeness (QED) is 0.599. The normalized spacial score (nSPS) is 18.5. The smallest absolute Gasteiger partial charge is 0.264 e. The second kappa shape index (κ2) is 8.30. The predicted molar refractivity (Wildman–Crippen MR) is 117 cm³/mol. The van der Waals surface area contributed by atoms with Crippen LogP contribution in [-0.4, -0.2) is 53.2 Å². The summed E-state index contributed by atoms with van der Waals surface area (Å²) in [5, 5.41) is 6.44. The minimum absolute atomic E-state index is 0.0926. The van der Waals surface area contributed by atoms with Crippen molar-refractivity contribution in [2.75, 3.05) is 26.3 Å². The SMILES string of the molecule is Cc1nn(Cc2ccccc2Cl)c2sc(C(=O)N3CCC(C4OCCO4)CC3)cc12. The molecule has 0 bridgehead atoms. The van der Waals surface area contributed by atoms with Gasteiger partial charge in [-0.05, 0) is 37.5 Å². The van der Waals surface area contributed by atoms with Crippen LogP contribution >= 0.6 is 22.9 Å². The van der Waals surface area contributed by atoms with Gasteiger partial charge in [-0.3, -0.25) is 9.48 Å². The number of thiophene rings is 1. The van der Waals surface area contributed by atoms with Crippen molar-refractivity contribution in [1.29, 1.82) is 0 Å². The van der Waals surface area contributed by atoms with Gasteiger partial charge in [0.15, 0.2) is 6.29 Å². The highest BCUT2D eigenvalue weighted by atomic mass is 35.5. The van der Waals surface area contributed by atoms with Gasteiger partial charge in [-0.2, -0.15) is 5.10 Å². The van der Waals surface area contributed by atoms with Crippen molar-refractivity contribution in [2.45, 2.75) is 32.6 Å². The molecular formula is C22H24ClN3O3S. The van der Waals surface area contributed by atoms with Crippen LogP contribution in [0.4, 0.5) is 0 Å². The van der Waals surface area contributed by atoms with Crippen LogP contribution in [0.25, 0.3) is 10.2 Å². The van der Waals surface area contributed by atoms with E-state index in [0.717, 1.165) is 57.3 Å². The molecule has 5 rings (SSSR count). The molecule has 3 aromatic rings. The fourth-order valence-electron chi connectivity index (χ4n) is 4.29. The number of aromatic nitrogens is 2. The summed E-state index contributed by atoms with van der Waals surface area (Å²) in [4.78, 5) is 16.9. The standard InChI is InChI=1S/C22H24ClN3O3S/c1-14-17-12-19(20(27)25-8-6-15(7-9-25)22-28-10-11-29-22)30-21(17)26(24-14)13-16-4-2-3-5-18(16)23/h2-5,12,15,22H,6-11,13H2,1H3. The van der Waals surface area contributed by atoms with E-state index in [0.29, 0.717) is 25.7 Å². The van der Waals surface area contributed by atoms with E-state index in [-0.39, 0.29) is 12.2 Å². The molecule has 30 heavy (non-hydrogen) atoms. The molecule has 0 radical (unpaired) electrons. The Bertz CT molecular complexity index is 1060. The monoisotopic (exact) mass is 445 g/mol. The van der Waals surface area contributed by atoms with Crippen LogP contribution in [0.5, 0.6) is 0 Å². The number of piperidine rings is 1. The van der Waals surface area contributed by atoms with E-state index in [4.69, 9.17) is 21.1 Å². The Morgan fingerprint density at radius 2 is 1.97 bits per heavy atom. The van der Waals surface area contributed by atoms with E-state index in [9.17, 15) is 4.79 Å². The molecule has 0 unspecified atom stereocenters. The van der Waals surface area contributed by atoms with Crippen molar-refractivity contribution in [3.63, 3.8) is 0 Å². The summed E-state index contributed by atoms with van der Waals surface area (Å²) in [5.41, 5.74) is 1.95. The second-order valence-corrected chi connectivity index (χ2v) is 9.34. The van der Waals surface area contributed by atoms with Crippen molar-refractivity contribution < 1.29 is 14.3 Å². The van der Waals surface area contributed by atoms with Gasteiger partial charge in [0.2, 0.25) is 0 Å². The average molecular weight is 446 g/mol. The summed E-state index contributed by atoms with van der Waals surface area (Å²) in [6.45, 7) is 5.41. The number of benzene rings is 1. The second-order valence-electron chi connectivity index (χ2n) is 7.90. The van der Waals surface area contributed by atoms with Crippen molar-refractivity contribution in [1.82, 2.24) is 14.7 Å². The number of carbonyl (C=O) groups is 1. The predicted octanol–water partition coefficient (Wildman–Crippen LogP) is 4.33. The van der Waals surface area contributed by atoms with Crippen molar-refractivity contribution in [2.24, 2.45) is 5.92 Å². The maximum Gasteiger partial charge on any atom is 0.264 e. The number of likely N-dealkylation sites (tertiary alicyclic amines) is 1. The number of aryl methyl sites for hydroxylation is 1. The third-order valence-electron chi connectivity index (χ3n) is 5.96. The zero-order chi connectivity index (χ0) is 20.7. The van der Waals surface area contributed by atoms with E-state index < -0.39 is 0 Å². The summed E-state index contributed by atoms with van der Waals surface area (Å²) in [6, 6.07) is 9.78. The average Bonchev–Trinajstić information content (AvgIpc) is 3.49. The van der Waals surface area contributed by atoms with Gasteiger partial charge in [-0.15, -0.1) is 11.3 Å². The van der Waals surface area contributed by atoms with Crippen LogP contribution in [0.1, 0.15) is 33.8 Å². The van der Waals surface area contributed by atoms with Crippen LogP contribution < -0.4 is 0 Å². The lowest BCUT2D eigenvalue weighted by atomic mass is 9.96. The number of carbonyl (C=O) groups excluding carboxylic acids is 1. The Morgan fingerprint density at radius 1 is 1.23 bits per heavy atom. The van der Waals surface area contributed by atoms with Crippen LogP contribution in [0, 0.1) is 12.8 Å². The fourth-order valence-corrected chi connectivity index (χ4v) is 5.62. The Hall–Kier alpha value is -1.93. The summed E-state index contributed by atoms with van der Waals surface area (Å²) in [6.07, 6.45) is 1.74. The molecule has 2 aromatic heterocycles. The summed E-state index contributed by atoms with van der Waals surface area (Å²) in [5.74, 6) is 0.483. The van der Waals surface area contributed by atoms with Gasteiger partial charge in [0.1, 0.15) is 4.83 Å². The lowest BCUT2D eigenvalue weighted by molar-refractivity contribution is -0.0955. The largest absolute Gasteiger partial charge is 0.350 e. The van der Waals surface area contributed by atoms with Crippen molar-refractivity contribution >= 4 is 39.1 Å². The fraction of sp³-hybridized carbons (Fsp3) is 0.455. The first-order valence-electron chi connectivity index (χ1n) is 10.3. The highest BCUT2D eigenvalue weighted by molar-refractivity contribution is 7.20. The highest BCUT2D eigenvalue weighted by Gasteiger charge is 2.32. The maximum atomic E-state index is 13.2. The summed E-state index contributed by atoms with van der Waals surface area (Å²) in [7, 11) is 0. The van der Waals surface area contributed by atoms with Gasteiger partial charge in [0.05, 0.1) is 30.3 Å². The highest BCUT2D eigenvalue weighted by Crippen LogP contribution is 2.32. The maximum absolute atomic E-state index is 13.2. The van der Waals surface area contributed by atoms with Crippen LogP contribution in [0.3, 0.4) is 0 Å². The zero-order valence-corrected chi connectivity index (χ0v) is 18.4. The molecule has 4 heterocycles. The first kappa shape index (κ1) is 20.0. The lowest BCUT2D eigenvalue weighted by Gasteiger charge is -2.33. The summed E-state index contributed by atoms with van der Waals surface area (Å²) < 4.78 is 13.2. The van der Waals surface area contributed by atoms with Crippen LogP contribution in [-0.2, 0) is 16.0 Å². The van der Waals surface area contributed by atoms with E-state index in [1.807, 2.05) is 46.8 Å². The van der Waals surface area contributed by atoms with Crippen molar-refractivity contribution in [3.8, 4) is 0 Å². The minimum atomic E-state index is -0.0926. The van der Waals surface area contributed by atoms with E-state index in [1.165, 1.54) is 11.3 Å². The number of fused-ring (bicyclic) bond motifs is 1. The minimum Gasteiger partial charge on any atom is -0.350 e. The molecule has 2 aliphatic heterocycles. The molecule has 0 atom stereocenters. The van der Waals surface area contributed by atoms with E-state index in [1.54, 1.807) is 0 Å². The molecule has 6 nitrogen and oxygen atoms in total. The lowest BCUT2D eigenvalue weighted by Crippen LogP contribution is -2.41. The van der Waals surface area contributed by atoms with Gasteiger partial charge in [0.25, 0.3) is 5.91 Å². The van der Waals surface area contributed by atoms with Crippen LogP contribution in [0.2, 0.25) is 5.02 Å². The molecule has 8 heteroatoms. The zero-order valence-electron chi connectivity index (χ0n) is 16.8. The molecule has 2 fully saturated rings. The number of hydrogen-bond donors (Lipinski definition) is 0. The van der Waals surface area contributed by atoms with Gasteiger partial charge in [-0.25, -0.2) is 0 Å². The summed E-state index contributed by atoms with van der Waals surface area (Å²) >= 11 is 7.85. The molecule has 2 saturated heterocycles. The Labute approximate surface area is 184 Å². The number of halogens is 1. The van der Waals surface area contributed by atoms with E-state index >= 15 is 0 Å². The van der Waals surface area contributed by atoms with Crippen LogP contribution in [0.15, 0.2) is 30.3 Å². The molecular weight excluding hydrogens is 422 g/mol. The Kier molecular flexibility index (Phi) is 5.54. The number of nitrogens with zero attached hydrogens (tertiary/aromatic N) is 3. The molecule has 158 valence electrons. The van der Waals surface area contributed by atoms with Gasteiger partial charge < -0.3 is 14.4 Å². The number of hydrogen-bond acceptors (Lipinski definition) is 5. The molecule has 0 aliphatic carbocycles. The molecule has 2 aliphatic rings. The number of ether oxygens (including phenoxy) is 2. The number of rotatable bonds is 4. The third kappa shape index (κ3) is 3.75. The van der Waals surface area contributed by atoms with E-state index in [2.05, 4.69) is 5.10 Å². The van der Waals surface area contributed by atoms with Gasteiger partial charge in [0, 0.05) is 29.4 Å². The molecule has 1 aromatic carbocycles.